The Morgan fingerprint density at radius 3 is 2.45 bits per heavy atom. The van der Waals surface area contributed by atoms with E-state index in [-0.39, 0.29) is 0 Å². The fourth-order valence-electron chi connectivity index (χ4n) is 2.32. The first-order valence-electron chi connectivity index (χ1n) is 6.86. The van der Waals surface area contributed by atoms with Gasteiger partial charge < -0.3 is 10.2 Å². The lowest BCUT2D eigenvalue weighted by Crippen LogP contribution is -2.29. The molecule has 1 aromatic heterocycles. The smallest absolute Gasteiger partial charge is 0.225 e. The van der Waals surface area contributed by atoms with Crippen LogP contribution in [0.1, 0.15) is 6.42 Å². The molecule has 0 spiro atoms. The van der Waals surface area contributed by atoms with E-state index < -0.39 is 0 Å². The number of halogens is 1. The molecule has 5 heteroatoms. The summed E-state index contributed by atoms with van der Waals surface area (Å²) in [5.41, 5.74) is 2.09. The van der Waals surface area contributed by atoms with Gasteiger partial charge in [0.2, 0.25) is 5.95 Å². The van der Waals surface area contributed by atoms with Crippen LogP contribution < -0.4 is 10.2 Å². The predicted molar refractivity (Wildman–Crippen MR) is 82.2 cm³/mol. The fraction of sp³-hybridized carbons (Fsp3) is 0.333. The molecule has 0 aliphatic carbocycles. The van der Waals surface area contributed by atoms with E-state index in [0.717, 1.165) is 54.7 Å². The third-order valence-corrected chi connectivity index (χ3v) is 3.69. The number of hydrogen-bond acceptors (Lipinski definition) is 4. The molecular formula is C15H17ClN4. The maximum atomic E-state index is 5.90. The molecule has 104 valence electrons. The Bertz CT molecular complexity index is 545. The number of rotatable bonds is 2. The molecule has 2 heterocycles. The Balaban J connectivity index is 1.78. The van der Waals surface area contributed by atoms with Crippen LogP contribution in [0.3, 0.4) is 0 Å². The van der Waals surface area contributed by atoms with Crippen LogP contribution >= 0.6 is 11.6 Å². The topological polar surface area (TPSA) is 41.1 Å². The van der Waals surface area contributed by atoms with Crippen molar-refractivity contribution in [1.82, 2.24) is 15.3 Å². The van der Waals surface area contributed by atoms with Gasteiger partial charge in [0.1, 0.15) is 0 Å². The number of nitrogens with one attached hydrogen (secondary N) is 1. The molecule has 1 aromatic carbocycles. The van der Waals surface area contributed by atoms with Crippen molar-refractivity contribution in [2.24, 2.45) is 0 Å². The van der Waals surface area contributed by atoms with Crippen molar-refractivity contribution >= 4 is 17.5 Å². The molecule has 0 amide bonds. The molecule has 4 nitrogen and oxygen atoms in total. The summed E-state index contributed by atoms with van der Waals surface area (Å²) < 4.78 is 0. The van der Waals surface area contributed by atoms with Gasteiger partial charge in [-0.1, -0.05) is 23.7 Å². The monoisotopic (exact) mass is 288 g/mol. The van der Waals surface area contributed by atoms with Gasteiger partial charge in [-0.3, -0.25) is 0 Å². The molecule has 0 atom stereocenters. The molecule has 0 radical (unpaired) electrons. The maximum absolute atomic E-state index is 5.90. The highest BCUT2D eigenvalue weighted by Crippen LogP contribution is 2.21. The van der Waals surface area contributed by atoms with Crippen molar-refractivity contribution in [3.8, 4) is 11.1 Å². The molecule has 1 aliphatic rings. The molecule has 2 aromatic rings. The van der Waals surface area contributed by atoms with Crippen molar-refractivity contribution in [2.45, 2.75) is 6.42 Å². The third kappa shape index (κ3) is 3.08. The number of hydrogen-bond donors (Lipinski definition) is 1. The van der Waals surface area contributed by atoms with E-state index in [9.17, 15) is 0 Å². The first kappa shape index (κ1) is 13.3. The Labute approximate surface area is 123 Å². The summed E-state index contributed by atoms with van der Waals surface area (Å²) in [5, 5.41) is 4.12. The van der Waals surface area contributed by atoms with Gasteiger partial charge >= 0.3 is 0 Å². The summed E-state index contributed by atoms with van der Waals surface area (Å²) in [6.07, 6.45) is 4.88. The Morgan fingerprint density at radius 1 is 0.950 bits per heavy atom. The second kappa shape index (κ2) is 6.20. The number of aromatic nitrogens is 2. The molecule has 0 bridgehead atoms. The lowest BCUT2D eigenvalue weighted by molar-refractivity contribution is 0.724. The number of benzene rings is 1. The highest BCUT2D eigenvalue weighted by atomic mass is 35.5. The molecule has 0 saturated carbocycles. The lowest BCUT2D eigenvalue weighted by atomic mass is 10.1. The van der Waals surface area contributed by atoms with E-state index >= 15 is 0 Å². The minimum atomic E-state index is 0.739. The average molecular weight is 289 g/mol. The first-order chi connectivity index (χ1) is 9.83. The Kier molecular flexibility index (Phi) is 4.14. The van der Waals surface area contributed by atoms with E-state index in [1.54, 1.807) is 0 Å². The van der Waals surface area contributed by atoms with Crippen LogP contribution in [0.15, 0.2) is 36.7 Å². The molecule has 1 saturated heterocycles. The zero-order valence-corrected chi connectivity index (χ0v) is 12.0. The van der Waals surface area contributed by atoms with Gasteiger partial charge in [-0.05, 0) is 30.7 Å². The van der Waals surface area contributed by atoms with E-state index in [1.165, 1.54) is 0 Å². The van der Waals surface area contributed by atoms with Crippen LogP contribution in [-0.2, 0) is 0 Å². The van der Waals surface area contributed by atoms with Crippen molar-refractivity contribution in [3.05, 3.63) is 41.7 Å². The summed E-state index contributed by atoms with van der Waals surface area (Å²) in [4.78, 5) is 11.2. The van der Waals surface area contributed by atoms with E-state index in [1.807, 2.05) is 36.7 Å². The molecule has 1 fully saturated rings. The summed E-state index contributed by atoms with van der Waals surface area (Å²) in [7, 11) is 0. The maximum Gasteiger partial charge on any atom is 0.225 e. The standard InChI is InChI=1S/C15H17ClN4/c16-14-4-2-12(3-5-14)13-10-18-15(19-11-13)20-8-1-6-17-7-9-20/h2-5,10-11,17H,1,6-9H2. The molecular weight excluding hydrogens is 272 g/mol. The second-order valence-electron chi connectivity index (χ2n) is 4.87. The van der Waals surface area contributed by atoms with Gasteiger partial charge in [0.15, 0.2) is 0 Å². The van der Waals surface area contributed by atoms with Gasteiger partial charge in [-0.15, -0.1) is 0 Å². The van der Waals surface area contributed by atoms with Crippen LogP contribution in [0.4, 0.5) is 5.95 Å². The van der Waals surface area contributed by atoms with Crippen molar-refractivity contribution in [3.63, 3.8) is 0 Å². The summed E-state index contributed by atoms with van der Waals surface area (Å²) >= 11 is 5.90. The fourth-order valence-corrected chi connectivity index (χ4v) is 2.45. The van der Waals surface area contributed by atoms with Crippen molar-refractivity contribution in [2.75, 3.05) is 31.1 Å². The third-order valence-electron chi connectivity index (χ3n) is 3.44. The molecule has 0 unspecified atom stereocenters. The van der Waals surface area contributed by atoms with Crippen LogP contribution in [0.2, 0.25) is 5.02 Å². The van der Waals surface area contributed by atoms with Crippen LogP contribution in [0.5, 0.6) is 0 Å². The normalized spacial score (nSPS) is 15.9. The van der Waals surface area contributed by atoms with E-state index in [4.69, 9.17) is 11.6 Å². The molecule has 3 rings (SSSR count). The van der Waals surface area contributed by atoms with E-state index in [0.29, 0.717) is 0 Å². The largest absolute Gasteiger partial charge is 0.340 e. The second-order valence-corrected chi connectivity index (χ2v) is 5.31. The quantitative estimate of drug-likeness (QED) is 0.922. The average Bonchev–Trinajstić information content (AvgIpc) is 2.77. The minimum absolute atomic E-state index is 0.739. The number of anilines is 1. The highest BCUT2D eigenvalue weighted by molar-refractivity contribution is 6.30. The van der Waals surface area contributed by atoms with Gasteiger partial charge in [0, 0.05) is 42.6 Å². The Morgan fingerprint density at radius 2 is 1.70 bits per heavy atom. The minimum Gasteiger partial charge on any atom is -0.340 e. The summed E-state index contributed by atoms with van der Waals surface area (Å²) in [5.74, 6) is 0.811. The SMILES string of the molecule is Clc1ccc(-c2cnc(N3CCCNCC3)nc2)cc1. The van der Waals surface area contributed by atoms with Gasteiger partial charge in [-0.25, -0.2) is 9.97 Å². The van der Waals surface area contributed by atoms with E-state index in [2.05, 4.69) is 20.2 Å². The lowest BCUT2D eigenvalue weighted by Gasteiger charge is -2.19. The summed E-state index contributed by atoms with van der Waals surface area (Å²) in [6, 6.07) is 7.73. The van der Waals surface area contributed by atoms with Crippen molar-refractivity contribution in [1.29, 1.82) is 0 Å². The predicted octanol–water partition coefficient (Wildman–Crippen LogP) is 2.60. The zero-order chi connectivity index (χ0) is 13.8. The molecule has 1 aliphatic heterocycles. The summed E-state index contributed by atoms with van der Waals surface area (Å²) in [6.45, 7) is 4.02. The molecule has 1 N–H and O–H groups in total. The first-order valence-corrected chi connectivity index (χ1v) is 7.24. The van der Waals surface area contributed by atoms with Gasteiger partial charge in [-0.2, -0.15) is 0 Å². The van der Waals surface area contributed by atoms with Crippen LogP contribution in [0, 0.1) is 0 Å². The van der Waals surface area contributed by atoms with Gasteiger partial charge in [0.05, 0.1) is 0 Å². The van der Waals surface area contributed by atoms with Crippen LogP contribution in [0.25, 0.3) is 11.1 Å². The van der Waals surface area contributed by atoms with Crippen molar-refractivity contribution < 1.29 is 0 Å². The van der Waals surface area contributed by atoms with Crippen LogP contribution in [-0.4, -0.2) is 36.1 Å². The Hall–Kier alpha value is -1.65. The van der Waals surface area contributed by atoms with Gasteiger partial charge in [0.25, 0.3) is 0 Å². The highest BCUT2D eigenvalue weighted by Gasteiger charge is 2.11. The number of nitrogens with zero attached hydrogens (tertiary/aromatic N) is 3. The molecule has 20 heavy (non-hydrogen) atoms. The zero-order valence-electron chi connectivity index (χ0n) is 11.2.